The average Bonchev–Trinajstić information content (AvgIpc) is 2.29. The molecule has 1 aromatic carbocycles. The predicted molar refractivity (Wildman–Crippen MR) is 67.6 cm³/mol. The van der Waals surface area contributed by atoms with E-state index in [1.807, 2.05) is 42.4 Å². The number of hydrazone groups is 1. The SMILES string of the molecule is CCC(C=CCl)=NN(C)c1ccccc1. The molecule has 0 unspecified atom stereocenters. The van der Waals surface area contributed by atoms with Gasteiger partial charge in [-0.1, -0.05) is 36.7 Å². The van der Waals surface area contributed by atoms with Crippen molar-refractivity contribution in [1.29, 1.82) is 0 Å². The normalized spacial score (nSPS) is 12.1. The van der Waals surface area contributed by atoms with Crippen molar-refractivity contribution in [1.82, 2.24) is 0 Å². The monoisotopic (exact) mass is 222 g/mol. The minimum Gasteiger partial charge on any atom is -0.268 e. The van der Waals surface area contributed by atoms with E-state index in [1.54, 1.807) is 6.08 Å². The largest absolute Gasteiger partial charge is 0.268 e. The first-order valence-corrected chi connectivity index (χ1v) is 5.34. The molecule has 0 aliphatic heterocycles. The van der Waals surface area contributed by atoms with E-state index in [-0.39, 0.29) is 0 Å². The van der Waals surface area contributed by atoms with E-state index < -0.39 is 0 Å². The average molecular weight is 223 g/mol. The third-order valence-corrected chi connectivity index (χ3v) is 2.15. The number of halogens is 1. The molecule has 0 bridgehead atoms. The van der Waals surface area contributed by atoms with Crippen molar-refractivity contribution in [3.05, 3.63) is 41.9 Å². The number of benzene rings is 1. The molecule has 0 heterocycles. The van der Waals surface area contributed by atoms with Crippen LogP contribution >= 0.6 is 11.6 Å². The number of para-hydroxylation sites is 1. The highest BCUT2D eigenvalue weighted by atomic mass is 35.5. The Morgan fingerprint density at radius 2 is 2.07 bits per heavy atom. The van der Waals surface area contributed by atoms with Crippen molar-refractivity contribution >= 4 is 23.0 Å². The van der Waals surface area contributed by atoms with Crippen LogP contribution in [-0.2, 0) is 0 Å². The van der Waals surface area contributed by atoms with E-state index in [4.69, 9.17) is 11.6 Å². The lowest BCUT2D eigenvalue weighted by Crippen LogP contribution is -2.11. The zero-order chi connectivity index (χ0) is 11.1. The van der Waals surface area contributed by atoms with Gasteiger partial charge in [0.1, 0.15) is 0 Å². The first kappa shape index (κ1) is 11.8. The molecule has 1 aromatic rings. The molecule has 0 aliphatic rings. The molecule has 0 radical (unpaired) electrons. The zero-order valence-electron chi connectivity index (χ0n) is 9.02. The molecular weight excluding hydrogens is 208 g/mol. The van der Waals surface area contributed by atoms with Crippen LogP contribution in [0.4, 0.5) is 5.69 Å². The van der Waals surface area contributed by atoms with Gasteiger partial charge in [-0.2, -0.15) is 5.10 Å². The van der Waals surface area contributed by atoms with Gasteiger partial charge in [0.2, 0.25) is 0 Å². The number of nitrogens with zero attached hydrogens (tertiary/aromatic N) is 2. The van der Waals surface area contributed by atoms with Crippen molar-refractivity contribution < 1.29 is 0 Å². The zero-order valence-corrected chi connectivity index (χ0v) is 9.78. The van der Waals surface area contributed by atoms with E-state index >= 15 is 0 Å². The van der Waals surface area contributed by atoms with Crippen molar-refractivity contribution in [2.45, 2.75) is 13.3 Å². The van der Waals surface area contributed by atoms with E-state index in [1.165, 1.54) is 5.54 Å². The molecule has 15 heavy (non-hydrogen) atoms. The Morgan fingerprint density at radius 1 is 1.40 bits per heavy atom. The van der Waals surface area contributed by atoms with Gasteiger partial charge in [-0.05, 0) is 24.6 Å². The van der Waals surface area contributed by atoms with Gasteiger partial charge in [-0.3, -0.25) is 5.01 Å². The highest BCUT2D eigenvalue weighted by Gasteiger charge is 1.97. The highest BCUT2D eigenvalue weighted by Crippen LogP contribution is 2.11. The number of hydrogen-bond donors (Lipinski definition) is 0. The van der Waals surface area contributed by atoms with Crippen molar-refractivity contribution in [3.8, 4) is 0 Å². The first-order chi connectivity index (χ1) is 7.27. The van der Waals surface area contributed by atoms with Gasteiger partial charge in [0.15, 0.2) is 0 Å². The summed E-state index contributed by atoms with van der Waals surface area (Å²) in [6.45, 7) is 2.05. The summed E-state index contributed by atoms with van der Waals surface area (Å²) in [5.74, 6) is 0. The quantitative estimate of drug-likeness (QED) is 0.561. The smallest absolute Gasteiger partial charge is 0.0615 e. The lowest BCUT2D eigenvalue weighted by atomic mass is 10.3. The van der Waals surface area contributed by atoms with E-state index in [2.05, 4.69) is 12.0 Å². The van der Waals surface area contributed by atoms with Crippen LogP contribution in [0.5, 0.6) is 0 Å². The van der Waals surface area contributed by atoms with E-state index in [0.717, 1.165) is 17.8 Å². The van der Waals surface area contributed by atoms with E-state index in [9.17, 15) is 0 Å². The molecule has 2 nitrogen and oxygen atoms in total. The summed E-state index contributed by atoms with van der Waals surface area (Å²) in [5.41, 5.74) is 3.50. The second-order valence-corrected chi connectivity index (χ2v) is 3.35. The van der Waals surface area contributed by atoms with Gasteiger partial charge >= 0.3 is 0 Å². The second-order valence-electron chi connectivity index (χ2n) is 3.10. The maximum absolute atomic E-state index is 5.52. The van der Waals surface area contributed by atoms with Gasteiger partial charge in [-0.25, -0.2) is 0 Å². The Labute approximate surface area is 95.9 Å². The molecule has 0 saturated heterocycles. The summed E-state index contributed by atoms with van der Waals surface area (Å²) >= 11 is 5.52. The van der Waals surface area contributed by atoms with E-state index in [0.29, 0.717) is 0 Å². The lowest BCUT2D eigenvalue weighted by Gasteiger charge is -2.13. The molecule has 0 aromatic heterocycles. The standard InChI is InChI=1S/C12H15ClN2/c1-3-11(9-10-13)14-15(2)12-7-5-4-6-8-12/h4-10H,3H2,1-2H3. The summed E-state index contributed by atoms with van der Waals surface area (Å²) in [4.78, 5) is 0. The van der Waals surface area contributed by atoms with Crippen LogP contribution in [0.2, 0.25) is 0 Å². The Hall–Kier alpha value is -1.28. The maximum atomic E-state index is 5.52. The van der Waals surface area contributed by atoms with Crippen molar-refractivity contribution in [2.24, 2.45) is 5.10 Å². The van der Waals surface area contributed by atoms with Gasteiger partial charge in [0.25, 0.3) is 0 Å². The summed E-state index contributed by atoms with van der Waals surface area (Å²) in [6, 6.07) is 10.00. The molecule has 80 valence electrons. The van der Waals surface area contributed by atoms with Crippen LogP contribution in [0.3, 0.4) is 0 Å². The maximum Gasteiger partial charge on any atom is 0.0615 e. The Bertz CT molecular complexity index is 344. The molecule has 3 heteroatoms. The Balaban J connectivity index is 2.81. The van der Waals surface area contributed by atoms with Crippen LogP contribution < -0.4 is 5.01 Å². The van der Waals surface area contributed by atoms with Crippen molar-refractivity contribution in [2.75, 3.05) is 12.1 Å². The molecule has 0 aliphatic carbocycles. The van der Waals surface area contributed by atoms with Crippen LogP contribution in [0.1, 0.15) is 13.3 Å². The van der Waals surface area contributed by atoms with Crippen LogP contribution in [0, 0.1) is 0 Å². The third kappa shape index (κ3) is 3.76. The molecule has 0 saturated carbocycles. The predicted octanol–water partition coefficient (Wildman–Crippen LogP) is 3.64. The minimum absolute atomic E-state index is 0.862. The molecule has 0 spiro atoms. The van der Waals surface area contributed by atoms with Gasteiger partial charge in [-0.15, -0.1) is 0 Å². The fourth-order valence-corrected chi connectivity index (χ4v) is 1.33. The van der Waals surface area contributed by atoms with Gasteiger partial charge in [0, 0.05) is 12.6 Å². The fourth-order valence-electron chi connectivity index (χ4n) is 1.19. The summed E-state index contributed by atoms with van der Waals surface area (Å²) < 4.78 is 0. The molecule has 0 atom stereocenters. The number of allylic oxidation sites excluding steroid dienone is 1. The fraction of sp³-hybridized carbons (Fsp3) is 0.250. The van der Waals surface area contributed by atoms with Crippen molar-refractivity contribution in [3.63, 3.8) is 0 Å². The van der Waals surface area contributed by atoms with Crippen LogP contribution in [-0.4, -0.2) is 12.8 Å². The molecule has 1 rings (SSSR count). The molecule has 0 amide bonds. The Kier molecular flexibility index (Phi) is 4.91. The number of anilines is 1. The molecular formula is C12H15ClN2. The number of hydrogen-bond acceptors (Lipinski definition) is 2. The summed E-state index contributed by atoms with van der Waals surface area (Å²) in [5, 5.41) is 6.28. The van der Waals surface area contributed by atoms with Crippen LogP contribution in [0.25, 0.3) is 0 Å². The third-order valence-electron chi connectivity index (χ3n) is 2.03. The molecule has 0 fully saturated rings. The summed E-state index contributed by atoms with van der Waals surface area (Å²) in [7, 11) is 1.92. The summed E-state index contributed by atoms with van der Waals surface area (Å²) in [6.07, 6.45) is 2.67. The Morgan fingerprint density at radius 3 is 2.60 bits per heavy atom. The van der Waals surface area contributed by atoms with Gasteiger partial charge in [0.05, 0.1) is 11.4 Å². The highest BCUT2D eigenvalue weighted by molar-refractivity contribution is 6.27. The van der Waals surface area contributed by atoms with Crippen LogP contribution in [0.15, 0.2) is 47.0 Å². The minimum atomic E-state index is 0.862. The first-order valence-electron chi connectivity index (χ1n) is 4.91. The molecule has 0 N–H and O–H groups in total. The second kappa shape index (κ2) is 6.25. The van der Waals surface area contributed by atoms with Gasteiger partial charge < -0.3 is 0 Å². The number of rotatable bonds is 4. The lowest BCUT2D eigenvalue weighted by molar-refractivity contribution is 1.00. The topological polar surface area (TPSA) is 15.6 Å².